The van der Waals surface area contributed by atoms with Crippen LogP contribution in [0.25, 0.3) is 16.2 Å². The van der Waals surface area contributed by atoms with Gasteiger partial charge in [-0.1, -0.05) is 35.6 Å². The lowest BCUT2D eigenvalue weighted by Gasteiger charge is -1.99. The van der Waals surface area contributed by atoms with E-state index in [9.17, 15) is 0 Å². The molecule has 0 saturated carbocycles. The van der Waals surface area contributed by atoms with Crippen LogP contribution in [-0.2, 0) is 0 Å². The topological polar surface area (TPSA) is 30.2 Å². The molecule has 0 radical (unpaired) electrons. The Morgan fingerprint density at radius 2 is 2.12 bits per heavy atom. The fourth-order valence-electron chi connectivity index (χ4n) is 1.67. The zero-order chi connectivity index (χ0) is 11.1. The molecule has 3 aromatic rings. The Labute approximate surface area is 105 Å². The second kappa shape index (κ2) is 3.68. The molecule has 1 aromatic carbocycles. The third-order valence-corrected chi connectivity index (χ3v) is 3.79. The van der Waals surface area contributed by atoms with Gasteiger partial charge in [-0.05, 0) is 28.4 Å². The molecule has 5 heteroatoms. The van der Waals surface area contributed by atoms with Crippen LogP contribution in [0, 0.1) is 6.92 Å². The molecule has 0 spiro atoms. The smallest absolute Gasteiger partial charge is 0.213 e. The van der Waals surface area contributed by atoms with Gasteiger partial charge in [0.15, 0.2) is 3.92 Å². The molecule has 3 nitrogen and oxygen atoms in total. The number of nitrogens with zero attached hydrogens (tertiary/aromatic N) is 3. The van der Waals surface area contributed by atoms with Crippen molar-refractivity contribution in [2.24, 2.45) is 0 Å². The minimum atomic E-state index is 0.853. The first-order chi connectivity index (χ1) is 7.74. The maximum Gasteiger partial charge on any atom is 0.213 e. The van der Waals surface area contributed by atoms with Crippen LogP contribution in [0.3, 0.4) is 0 Å². The molecule has 2 aromatic heterocycles. The van der Waals surface area contributed by atoms with Crippen LogP contribution >= 0.6 is 27.3 Å². The average molecular weight is 294 g/mol. The fraction of sp³-hybridized carbons (Fsp3) is 0.0909. The second-order valence-electron chi connectivity index (χ2n) is 3.52. The fourth-order valence-corrected chi connectivity index (χ4v) is 2.88. The molecular formula is C11H8BrN3S. The molecule has 0 unspecified atom stereocenters. The van der Waals surface area contributed by atoms with E-state index in [1.165, 1.54) is 16.9 Å². The van der Waals surface area contributed by atoms with Crippen LogP contribution < -0.4 is 0 Å². The lowest BCUT2D eigenvalue weighted by molar-refractivity contribution is 0.959. The van der Waals surface area contributed by atoms with Crippen molar-refractivity contribution in [3.05, 3.63) is 39.9 Å². The summed E-state index contributed by atoms with van der Waals surface area (Å²) in [6.07, 6.45) is 1.96. The predicted molar refractivity (Wildman–Crippen MR) is 68.7 cm³/mol. The van der Waals surface area contributed by atoms with Gasteiger partial charge in [0, 0.05) is 5.56 Å². The van der Waals surface area contributed by atoms with Crippen molar-refractivity contribution >= 4 is 32.2 Å². The van der Waals surface area contributed by atoms with Crippen molar-refractivity contribution < 1.29 is 0 Å². The Kier molecular flexibility index (Phi) is 2.29. The molecule has 0 fully saturated rings. The Balaban J connectivity index is 2.19. The Bertz CT molecular complexity index is 625. The molecule has 0 N–H and O–H groups in total. The lowest BCUT2D eigenvalue weighted by Crippen LogP contribution is -1.82. The first-order valence-electron chi connectivity index (χ1n) is 4.82. The molecule has 0 bridgehead atoms. The summed E-state index contributed by atoms with van der Waals surface area (Å²) in [6.45, 7) is 2.09. The van der Waals surface area contributed by atoms with Crippen molar-refractivity contribution in [1.29, 1.82) is 0 Å². The number of aromatic nitrogens is 3. The quantitative estimate of drug-likeness (QED) is 0.687. The molecule has 16 heavy (non-hydrogen) atoms. The van der Waals surface area contributed by atoms with E-state index in [0.29, 0.717) is 0 Å². The Morgan fingerprint density at radius 3 is 2.88 bits per heavy atom. The van der Waals surface area contributed by atoms with Crippen molar-refractivity contribution in [1.82, 2.24) is 14.6 Å². The number of hydrogen-bond acceptors (Lipinski definition) is 3. The Morgan fingerprint density at radius 1 is 1.31 bits per heavy atom. The van der Waals surface area contributed by atoms with Gasteiger partial charge in [0.2, 0.25) is 4.96 Å². The van der Waals surface area contributed by atoms with Crippen molar-refractivity contribution in [3.8, 4) is 11.3 Å². The molecule has 0 amide bonds. The van der Waals surface area contributed by atoms with Crippen LogP contribution in [0.15, 0.2) is 34.4 Å². The first kappa shape index (κ1) is 9.99. The number of fused-ring (bicyclic) bond motifs is 1. The van der Waals surface area contributed by atoms with Crippen LogP contribution in [0.4, 0.5) is 0 Å². The van der Waals surface area contributed by atoms with Crippen molar-refractivity contribution in [2.75, 3.05) is 0 Å². The number of benzene rings is 1. The minimum Gasteiger partial charge on any atom is -0.217 e. The Hall–Kier alpha value is -1.20. The normalized spacial score (nSPS) is 11.1. The summed E-state index contributed by atoms with van der Waals surface area (Å²) in [4.78, 5) is 5.46. The molecule has 0 aliphatic rings. The van der Waals surface area contributed by atoms with Gasteiger partial charge >= 0.3 is 0 Å². The van der Waals surface area contributed by atoms with Gasteiger partial charge in [0.1, 0.15) is 0 Å². The predicted octanol–water partition coefficient (Wildman–Crippen LogP) is 3.53. The van der Waals surface area contributed by atoms with Crippen LogP contribution in [-0.4, -0.2) is 14.6 Å². The maximum absolute atomic E-state index is 4.55. The van der Waals surface area contributed by atoms with E-state index in [1.807, 2.05) is 18.3 Å². The van der Waals surface area contributed by atoms with E-state index in [4.69, 9.17) is 0 Å². The zero-order valence-electron chi connectivity index (χ0n) is 8.51. The van der Waals surface area contributed by atoms with E-state index in [1.54, 1.807) is 4.52 Å². The highest BCUT2D eigenvalue weighted by atomic mass is 79.9. The molecule has 2 heterocycles. The number of rotatable bonds is 1. The zero-order valence-corrected chi connectivity index (χ0v) is 10.9. The maximum atomic E-state index is 4.55. The second-order valence-corrected chi connectivity index (χ2v) is 5.76. The van der Waals surface area contributed by atoms with E-state index in [2.05, 4.69) is 45.1 Å². The van der Waals surface area contributed by atoms with Gasteiger partial charge in [-0.3, -0.25) is 0 Å². The minimum absolute atomic E-state index is 0.853. The summed E-state index contributed by atoms with van der Waals surface area (Å²) >= 11 is 4.88. The first-order valence-corrected chi connectivity index (χ1v) is 6.43. The van der Waals surface area contributed by atoms with E-state index in [0.717, 1.165) is 20.1 Å². The third-order valence-electron chi connectivity index (χ3n) is 2.44. The van der Waals surface area contributed by atoms with E-state index in [-0.39, 0.29) is 0 Å². The summed E-state index contributed by atoms with van der Waals surface area (Å²) in [7, 11) is 0. The lowest BCUT2D eigenvalue weighted by atomic mass is 10.1. The molecule has 0 aliphatic carbocycles. The SMILES string of the molecule is Cc1ccccc1-c1cn2nc(Br)sc2n1. The standard InChI is InChI=1S/C11H8BrN3S/c1-7-4-2-3-5-8(7)9-6-15-11(13-9)16-10(12)14-15/h2-6H,1H3. The summed E-state index contributed by atoms with van der Waals surface area (Å²) in [5, 5.41) is 4.28. The third kappa shape index (κ3) is 1.56. The highest BCUT2D eigenvalue weighted by Crippen LogP contribution is 2.26. The van der Waals surface area contributed by atoms with Gasteiger partial charge in [0.05, 0.1) is 11.9 Å². The summed E-state index contributed by atoms with van der Waals surface area (Å²) in [5.74, 6) is 0. The highest BCUT2D eigenvalue weighted by molar-refractivity contribution is 9.11. The van der Waals surface area contributed by atoms with Crippen molar-refractivity contribution in [2.45, 2.75) is 6.92 Å². The monoisotopic (exact) mass is 293 g/mol. The number of hydrogen-bond donors (Lipinski definition) is 0. The van der Waals surface area contributed by atoms with Gasteiger partial charge in [0.25, 0.3) is 0 Å². The molecular weight excluding hydrogens is 286 g/mol. The van der Waals surface area contributed by atoms with Crippen molar-refractivity contribution in [3.63, 3.8) is 0 Å². The molecule has 3 rings (SSSR count). The number of halogens is 1. The molecule has 80 valence electrons. The highest BCUT2D eigenvalue weighted by Gasteiger charge is 2.09. The van der Waals surface area contributed by atoms with E-state index >= 15 is 0 Å². The summed E-state index contributed by atoms with van der Waals surface area (Å²) < 4.78 is 2.66. The molecule has 0 aliphatic heterocycles. The molecule has 0 saturated heterocycles. The average Bonchev–Trinajstić information content (AvgIpc) is 2.75. The number of aryl methyl sites for hydroxylation is 1. The summed E-state index contributed by atoms with van der Waals surface area (Å²) in [6, 6.07) is 8.23. The van der Waals surface area contributed by atoms with Crippen LogP contribution in [0.1, 0.15) is 5.56 Å². The molecule has 0 atom stereocenters. The van der Waals surface area contributed by atoms with E-state index < -0.39 is 0 Å². The van der Waals surface area contributed by atoms with Crippen LogP contribution in [0.2, 0.25) is 0 Å². The van der Waals surface area contributed by atoms with Crippen LogP contribution in [0.5, 0.6) is 0 Å². The van der Waals surface area contributed by atoms with Gasteiger partial charge < -0.3 is 0 Å². The number of imidazole rings is 1. The summed E-state index contributed by atoms with van der Waals surface area (Å²) in [5.41, 5.74) is 3.37. The van der Waals surface area contributed by atoms with Gasteiger partial charge in [-0.15, -0.1) is 5.10 Å². The van der Waals surface area contributed by atoms with Gasteiger partial charge in [-0.2, -0.15) is 0 Å². The largest absolute Gasteiger partial charge is 0.217 e. The van der Waals surface area contributed by atoms with Gasteiger partial charge in [-0.25, -0.2) is 9.50 Å².